The molecule has 0 saturated heterocycles. The van der Waals surface area contributed by atoms with Crippen molar-refractivity contribution < 1.29 is 27.7 Å². The SMILES string of the molecule is O=C(c1ccc2c(c1)C(=O)N(Cc1ccco1)C2=O)N1CCc2c(noc2-c2ccc(F)cc2)C1. The van der Waals surface area contributed by atoms with E-state index in [-0.39, 0.29) is 35.9 Å². The number of aromatic nitrogens is 1. The quantitative estimate of drug-likeness (QED) is 0.417. The van der Waals surface area contributed by atoms with Gasteiger partial charge in [-0.1, -0.05) is 5.16 Å². The van der Waals surface area contributed by atoms with Crippen molar-refractivity contribution in [1.82, 2.24) is 15.0 Å². The van der Waals surface area contributed by atoms with Crippen molar-refractivity contribution in [2.75, 3.05) is 6.54 Å². The number of amides is 3. The summed E-state index contributed by atoms with van der Waals surface area (Å²) in [5.41, 5.74) is 3.03. The lowest BCUT2D eigenvalue weighted by Gasteiger charge is -2.26. The van der Waals surface area contributed by atoms with E-state index in [1.54, 1.807) is 35.2 Å². The minimum absolute atomic E-state index is 0.0279. The molecule has 0 radical (unpaired) electrons. The third-order valence-corrected chi connectivity index (χ3v) is 6.35. The lowest BCUT2D eigenvalue weighted by Crippen LogP contribution is -2.36. The highest BCUT2D eigenvalue weighted by atomic mass is 19.1. The van der Waals surface area contributed by atoms with E-state index in [2.05, 4.69) is 5.16 Å². The molecule has 174 valence electrons. The monoisotopic (exact) mass is 471 g/mol. The van der Waals surface area contributed by atoms with Crippen molar-refractivity contribution in [1.29, 1.82) is 0 Å². The van der Waals surface area contributed by atoms with Gasteiger partial charge < -0.3 is 13.8 Å². The summed E-state index contributed by atoms with van der Waals surface area (Å²) in [5.74, 6) is -0.415. The van der Waals surface area contributed by atoms with Crippen LogP contribution in [-0.4, -0.2) is 39.2 Å². The van der Waals surface area contributed by atoms with E-state index in [1.165, 1.54) is 30.5 Å². The van der Waals surface area contributed by atoms with Crippen LogP contribution in [-0.2, 0) is 19.5 Å². The molecule has 4 heterocycles. The van der Waals surface area contributed by atoms with Crippen LogP contribution in [0.4, 0.5) is 4.39 Å². The van der Waals surface area contributed by atoms with Gasteiger partial charge in [-0.2, -0.15) is 0 Å². The predicted octanol–water partition coefficient (Wildman–Crippen LogP) is 4.07. The van der Waals surface area contributed by atoms with E-state index in [4.69, 9.17) is 8.94 Å². The van der Waals surface area contributed by atoms with E-state index >= 15 is 0 Å². The molecule has 2 aliphatic heterocycles. The highest BCUT2D eigenvalue weighted by Gasteiger charge is 2.37. The molecule has 0 aliphatic carbocycles. The number of hydrogen-bond acceptors (Lipinski definition) is 6. The lowest BCUT2D eigenvalue weighted by atomic mass is 9.99. The second-order valence-corrected chi connectivity index (χ2v) is 8.46. The number of carbonyl (C=O) groups is 3. The van der Waals surface area contributed by atoms with Gasteiger partial charge >= 0.3 is 0 Å². The summed E-state index contributed by atoms with van der Waals surface area (Å²) in [6.45, 7) is 0.698. The fraction of sp³-hybridized carbons (Fsp3) is 0.154. The molecule has 2 aromatic heterocycles. The molecule has 2 aromatic carbocycles. The van der Waals surface area contributed by atoms with E-state index < -0.39 is 11.8 Å². The number of hydrogen-bond donors (Lipinski definition) is 0. The van der Waals surface area contributed by atoms with Gasteiger partial charge in [-0.3, -0.25) is 19.3 Å². The van der Waals surface area contributed by atoms with Crippen LogP contribution >= 0.6 is 0 Å². The van der Waals surface area contributed by atoms with Crippen LogP contribution in [0.3, 0.4) is 0 Å². The van der Waals surface area contributed by atoms with Crippen molar-refractivity contribution in [3.05, 3.63) is 100 Å². The zero-order valence-electron chi connectivity index (χ0n) is 18.4. The Kier molecular flexibility index (Phi) is 4.84. The largest absolute Gasteiger partial charge is 0.467 e. The first-order chi connectivity index (χ1) is 17.0. The van der Waals surface area contributed by atoms with Gasteiger partial charge in [0.1, 0.15) is 17.3 Å². The van der Waals surface area contributed by atoms with Crippen LogP contribution in [0, 0.1) is 5.82 Å². The fourth-order valence-corrected chi connectivity index (χ4v) is 4.54. The Morgan fingerprint density at radius 3 is 2.60 bits per heavy atom. The van der Waals surface area contributed by atoms with Gasteiger partial charge in [-0.15, -0.1) is 0 Å². The van der Waals surface area contributed by atoms with E-state index in [1.807, 2.05) is 0 Å². The molecule has 0 saturated carbocycles. The van der Waals surface area contributed by atoms with Gasteiger partial charge in [-0.05, 0) is 61.0 Å². The van der Waals surface area contributed by atoms with Gasteiger partial charge in [0.05, 0.1) is 30.5 Å². The van der Waals surface area contributed by atoms with E-state index in [0.29, 0.717) is 35.7 Å². The molecule has 8 nitrogen and oxygen atoms in total. The Morgan fingerprint density at radius 1 is 1.03 bits per heavy atom. The molecule has 9 heteroatoms. The molecule has 0 N–H and O–H groups in total. The minimum Gasteiger partial charge on any atom is -0.467 e. The summed E-state index contributed by atoms with van der Waals surface area (Å²) in [7, 11) is 0. The molecule has 0 spiro atoms. The molecule has 0 bridgehead atoms. The Labute approximate surface area is 198 Å². The van der Waals surface area contributed by atoms with Crippen molar-refractivity contribution in [3.63, 3.8) is 0 Å². The summed E-state index contributed by atoms with van der Waals surface area (Å²) in [4.78, 5) is 41.6. The van der Waals surface area contributed by atoms with Crippen molar-refractivity contribution >= 4 is 17.7 Å². The van der Waals surface area contributed by atoms with Gasteiger partial charge in [0.15, 0.2) is 5.76 Å². The summed E-state index contributed by atoms with van der Waals surface area (Å²) in [6.07, 6.45) is 2.00. The van der Waals surface area contributed by atoms with E-state index in [9.17, 15) is 18.8 Å². The standard InChI is InChI=1S/C26H18FN3O5/c27-17-6-3-15(4-7-17)23-20-9-10-29(14-22(20)28-35-23)24(31)16-5-8-19-21(12-16)26(33)30(25(19)32)13-18-2-1-11-34-18/h1-8,11-12H,9-10,13-14H2. The van der Waals surface area contributed by atoms with Gasteiger partial charge in [0, 0.05) is 23.2 Å². The third kappa shape index (κ3) is 3.52. The Morgan fingerprint density at radius 2 is 1.83 bits per heavy atom. The van der Waals surface area contributed by atoms with Crippen LogP contribution < -0.4 is 0 Å². The molecule has 0 fully saturated rings. The fourth-order valence-electron chi connectivity index (χ4n) is 4.54. The maximum Gasteiger partial charge on any atom is 0.261 e. The molecular weight excluding hydrogens is 453 g/mol. The first-order valence-corrected chi connectivity index (χ1v) is 11.0. The highest BCUT2D eigenvalue weighted by Crippen LogP contribution is 2.32. The summed E-state index contributed by atoms with van der Waals surface area (Å²) < 4.78 is 24.0. The molecule has 6 rings (SSSR count). The number of benzene rings is 2. The van der Waals surface area contributed by atoms with Crippen LogP contribution in [0.15, 0.2) is 69.8 Å². The van der Waals surface area contributed by atoms with Crippen LogP contribution in [0.1, 0.15) is 48.1 Å². The van der Waals surface area contributed by atoms with E-state index in [0.717, 1.165) is 16.0 Å². The number of nitrogens with zero attached hydrogens (tertiary/aromatic N) is 3. The smallest absolute Gasteiger partial charge is 0.261 e. The number of rotatable bonds is 4. The topological polar surface area (TPSA) is 96.9 Å². The normalized spacial score (nSPS) is 14.9. The first kappa shape index (κ1) is 21.0. The number of halogens is 1. The van der Waals surface area contributed by atoms with Crippen molar-refractivity contribution in [3.8, 4) is 11.3 Å². The van der Waals surface area contributed by atoms with Crippen LogP contribution in [0.2, 0.25) is 0 Å². The Balaban J connectivity index is 1.22. The maximum absolute atomic E-state index is 13.3. The second-order valence-electron chi connectivity index (χ2n) is 8.46. The Bertz CT molecular complexity index is 1470. The number of fused-ring (bicyclic) bond motifs is 2. The van der Waals surface area contributed by atoms with Crippen LogP contribution in [0.5, 0.6) is 0 Å². The minimum atomic E-state index is -0.461. The van der Waals surface area contributed by atoms with Gasteiger partial charge in [-0.25, -0.2) is 4.39 Å². The molecule has 2 aliphatic rings. The Hall–Kier alpha value is -4.53. The molecule has 0 unspecified atom stereocenters. The average Bonchev–Trinajstić information content (AvgIpc) is 3.60. The van der Waals surface area contributed by atoms with Crippen molar-refractivity contribution in [2.24, 2.45) is 0 Å². The number of carbonyl (C=O) groups excluding carboxylic acids is 3. The average molecular weight is 471 g/mol. The summed E-state index contributed by atoms with van der Waals surface area (Å²) >= 11 is 0. The molecule has 4 aromatic rings. The number of furan rings is 1. The van der Waals surface area contributed by atoms with Gasteiger partial charge in [0.2, 0.25) is 0 Å². The maximum atomic E-state index is 13.3. The molecule has 35 heavy (non-hydrogen) atoms. The summed E-state index contributed by atoms with van der Waals surface area (Å²) in [6, 6.07) is 13.9. The second kappa shape index (κ2) is 8.05. The third-order valence-electron chi connectivity index (χ3n) is 6.35. The number of imide groups is 1. The first-order valence-electron chi connectivity index (χ1n) is 11.0. The van der Waals surface area contributed by atoms with Gasteiger partial charge in [0.25, 0.3) is 17.7 Å². The lowest BCUT2D eigenvalue weighted by molar-refractivity contribution is 0.0631. The molecular formula is C26H18FN3O5. The highest BCUT2D eigenvalue weighted by molar-refractivity contribution is 6.22. The zero-order chi connectivity index (χ0) is 24.1. The predicted molar refractivity (Wildman–Crippen MR) is 120 cm³/mol. The zero-order valence-corrected chi connectivity index (χ0v) is 18.4. The van der Waals surface area contributed by atoms with Crippen LogP contribution in [0.25, 0.3) is 11.3 Å². The summed E-state index contributed by atoms with van der Waals surface area (Å²) in [5, 5.41) is 4.13. The molecule has 3 amide bonds. The van der Waals surface area contributed by atoms with Crippen molar-refractivity contribution in [2.45, 2.75) is 19.5 Å². The molecule has 0 atom stereocenters.